The van der Waals surface area contributed by atoms with Gasteiger partial charge in [0.1, 0.15) is 22.3 Å². The van der Waals surface area contributed by atoms with Crippen LogP contribution in [0.4, 0.5) is 34.1 Å². The second-order valence-corrected chi connectivity index (χ2v) is 18.0. The normalized spacial score (nSPS) is 11.7. The number of furan rings is 2. The molecule has 0 amide bonds. The minimum Gasteiger partial charge on any atom is -0.455 e. The lowest BCUT2D eigenvalue weighted by atomic mass is 9.94. The zero-order chi connectivity index (χ0) is 46.8. The molecule has 0 fully saturated rings. The number of para-hydroxylation sites is 7. The molecule has 334 valence electrons. The van der Waals surface area contributed by atoms with Gasteiger partial charge >= 0.3 is 0 Å². The third-order valence-corrected chi connectivity index (χ3v) is 13.9. The van der Waals surface area contributed by atoms with Crippen molar-refractivity contribution >= 4 is 99.8 Å². The quantitative estimate of drug-likeness (QED) is 0.145. The second kappa shape index (κ2) is 16.6. The summed E-state index contributed by atoms with van der Waals surface area (Å²) in [7, 11) is 0. The Morgan fingerprint density at radius 3 is 1.14 bits per heavy atom. The molecule has 0 aliphatic carbocycles. The minimum absolute atomic E-state index is 0.838. The summed E-state index contributed by atoms with van der Waals surface area (Å²) >= 11 is 0. The predicted molar refractivity (Wildman–Crippen MR) is 296 cm³/mol. The van der Waals surface area contributed by atoms with Gasteiger partial charge in [0.05, 0.1) is 16.4 Å². The SMILES string of the molecule is c1ccc(N(c2ccccc2)c2ccc(-c3cc4c(c5c3oc3ccccc35)c3c5oc6ccccc6c5c(-c5ccc(N(c6ccccc6)c6ccccc6)cc5)cc3n4-c3ccccc3)cc2)cc1. The average molecular weight is 910 g/mol. The largest absolute Gasteiger partial charge is 0.455 e. The highest BCUT2D eigenvalue weighted by Crippen LogP contribution is 2.51. The molecule has 0 unspecified atom stereocenters. The van der Waals surface area contributed by atoms with Crippen molar-refractivity contribution in [3.8, 4) is 27.9 Å². The lowest BCUT2D eigenvalue weighted by Gasteiger charge is -2.25. The van der Waals surface area contributed by atoms with Crippen LogP contribution in [-0.2, 0) is 0 Å². The highest BCUT2D eigenvalue weighted by atomic mass is 16.3. The van der Waals surface area contributed by atoms with Gasteiger partial charge in [0.25, 0.3) is 0 Å². The topological polar surface area (TPSA) is 37.7 Å². The molecule has 0 aliphatic rings. The van der Waals surface area contributed by atoms with Gasteiger partial charge in [-0.25, -0.2) is 0 Å². The molecule has 11 aromatic carbocycles. The van der Waals surface area contributed by atoms with E-state index in [0.29, 0.717) is 0 Å². The van der Waals surface area contributed by atoms with Gasteiger partial charge in [-0.3, -0.25) is 0 Å². The Bertz CT molecular complexity index is 4160. The molecule has 0 spiro atoms. The molecule has 3 heterocycles. The maximum Gasteiger partial charge on any atom is 0.146 e. The van der Waals surface area contributed by atoms with Crippen LogP contribution < -0.4 is 9.80 Å². The van der Waals surface area contributed by atoms with E-state index in [1.807, 2.05) is 0 Å². The van der Waals surface area contributed by atoms with E-state index in [1.54, 1.807) is 0 Å². The highest BCUT2D eigenvalue weighted by molar-refractivity contribution is 6.36. The summed E-state index contributed by atoms with van der Waals surface area (Å²) in [6.45, 7) is 0. The van der Waals surface area contributed by atoms with Crippen LogP contribution in [0.3, 0.4) is 0 Å². The molecule has 0 N–H and O–H groups in total. The van der Waals surface area contributed by atoms with E-state index >= 15 is 0 Å². The molecular formula is C66H43N3O2. The van der Waals surface area contributed by atoms with Crippen LogP contribution in [-0.4, -0.2) is 4.57 Å². The van der Waals surface area contributed by atoms with Gasteiger partial charge in [0, 0.05) is 72.3 Å². The molecule has 71 heavy (non-hydrogen) atoms. The zero-order valence-corrected chi connectivity index (χ0v) is 38.5. The zero-order valence-electron chi connectivity index (χ0n) is 38.5. The van der Waals surface area contributed by atoms with Gasteiger partial charge in [-0.15, -0.1) is 0 Å². The monoisotopic (exact) mass is 909 g/mol. The number of aromatic nitrogens is 1. The first-order valence-electron chi connectivity index (χ1n) is 24.1. The van der Waals surface area contributed by atoms with Crippen molar-refractivity contribution in [2.45, 2.75) is 0 Å². The van der Waals surface area contributed by atoms with Gasteiger partial charge < -0.3 is 23.2 Å². The van der Waals surface area contributed by atoms with Crippen LogP contribution in [0, 0.1) is 0 Å². The van der Waals surface area contributed by atoms with Crippen molar-refractivity contribution in [1.29, 1.82) is 0 Å². The molecule has 3 aromatic heterocycles. The molecular weight excluding hydrogens is 867 g/mol. The number of anilines is 6. The van der Waals surface area contributed by atoms with E-state index in [1.165, 1.54) is 0 Å². The summed E-state index contributed by atoms with van der Waals surface area (Å²) in [5.74, 6) is 0. The Hall–Kier alpha value is -9.58. The molecule has 5 nitrogen and oxygen atoms in total. The van der Waals surface area contributed by atoms with Crippen LogP contribution >= 0.6 is 0 Å². The Balaban J connectivity index is 1.03. The maximum atomic E-state index is 7.17. The number of hydrogen-bond donors (Lipinski definition) is 0. The Morgan fingerprint density at radius 2 is 0.648 bits per heavy atom. The standard InChI is InChI=1S/C66H43N3O2/c1-6-20-46(21-7-1)67(47-22-8-2-9-23-47)51-38-34-44(35-39-51)55-42-58-64(66-61(55)53-30-16-18-32-59(53)71-66)63-57(69(58)50-28-14-5-15-29-50)43-56(65-62(63)54-31-17-19-33-60(54)70-65)45-36-40-52(41-37-45)68(48-24-10-3-11-25-48)49-26-12-4-13-27-49/h1-43H. The average Bonchev–Trinajstić information content (AvgIpc) is 4.13. The van der Waals surface area contributed by atoms with E-state index in [0.717, 1.165) is 128 Å². The summed E-state index contributed by atoms with van der Waals surface area (Å²) in [5.41, 5.74) is 17.3. The highest BCUT2D eigenvalue weighted by Gasteiger charge is 2.28. The third kappa shape index (κ3) is 6.63. The van der Waals surface area contributed by atoms with Crippen molar-refractivity contribution in [1.82, 2.24) is 4.57 Å². The Kier molecular flexibility index (Phi) is 9.46. The summed E-state index contributed by atoms with van der Waals surface area (Å²) in [5, 5.41) is 6.42. The number of benzene rings is 11. The molecule has 0 saturated carbocycles. The second-order valence-electron chi connectivity index (χ2n) is 18.0. The summed E-state index contributed by atoms with van der Waals surface area (Å²) < 4.78 is 16.6. The van der Waals surface area contributed by atoms with Crippen LogP contribution in [0.5, 0.6) is 0 Å². The maximum absolute atomic E-state index is 7.17. The van der Waals surface area contributed by atoms with Crippen molar-refractivity contribution < 1.29 is 8.83 Å². The van der Waals surface area contributed by atoms with Crippen molar-refractivity contribution in [3.63, 3.8) is 0 Å². The molecule has 0 saturated heterocycles. The summed E-state index contributed by atoms with van der Waals surface area (Å²) in [4.78, 5) is 4.60. The Labute approximate surface area is 409 Å². The molecule has 5 heteroatoms. The van der Waals surface area contributed by atoms with E-state index < -0.39 is 0 Å². The first kappa shape index (κ1) is 40.5. The number of hydrogen-bond acceptors (Lipinski definition) is 4. The lowest BCUT2D eigenvalue weighted by molar-refractivity contribution is 0.670. The summed E-state index contributed by atoms with van der Waals surface area (Å²) in [6.07, 6.45) is 0. The molecule has 14 rings (SSSR count). The smallest absolute Gasteiger partial charge is 0.146 e. The number of nitrogens with zero attached hydrogens (tertiary/aromatic N) is 3. The minimum atomic E-state index is 0.838. The van der Waals surface area contributed by atoms with Gasteiger partial charge in [-0.2, -0.15) is 0 Å². The van der Waals surface area contributed by atoms with Crippen LogP contribution in [0.2, 0.25) is 0 Å². The van der Waals surface area contributed by atoms with Gasteiger partial charge in [-0.05, 0) is 126 Å². The van der Waals surface area contributed by atoms with Crippen LogP contribution in [0.25, 0.3) is 93.6 Å². The number of fused-ring (bicyclic) bond motifs is 11. The molecule has 0 bridgehead atoms. The van der Waals surface area contributed by atoms with Crippen molar-refractivity contribution in [2.75, 3.05) is 9.80 Å². The lowest BCUT2D eigenvalue weighted by Crippen LogP contribution is -2.09. The Morgan fingerprint density at radius 1 is 0.282 bits per heavy atom. The van der Waals surface area contributed by atoms with Gasteiger partial charge in [0.15, 0.2) is 0 Å². The fourth-order valence-electron chi connectivity index (χ4n) is 10.8. The van der Waals surface area contributed by atoms with E-state index in [2.05, 4.69) is 275 Å². The van der Waals surface area contributed by atoms with Gasteiger partial charge in [-0.1, -0.05) is 152 Å². The summed E-state index contributed by atoms with van der Waals surface area (Å²) in [6, 6.07) is 92.4. The van der Waals surface area contributed by atoms with E-state index in [4.69, 9.17) is 8.83 Å². The molecule has 0 radical (unpaired) electrons. The van der Waals surface area contributed by atoms with Crippen molar-refractivity contribution in [2.24, 2.45) is 0 Å². The molecule has 14 aromatic rings. The molecule has 0 atom stereocenters. The third-order valence-electron chi connectivity index (χ3n) is 13.9. The fraction of sp³-hybridized carbons (Fsp3) is 0. The van der Waals surface area contributed by atoms with E-state index in [-0.39, 0.29) is 0 Å². The van der Waals surface area contributed by atoms with Gasteiger partial charge in [0.2, 0.25) is 0 Å². The molecule has 0 aliphatic heterocycles. The van der Waals surface area contributed by atoms with Crippen molar-refractivity contribution in [3.05, 3.63) is 261 Å². The number of rotatable bonds is 9. The van der Waals surface area contributed by atoms with Crippen LogP contribution in [0.15, 0.2) is 270 Å². The van der Waals surface area contributed by atoms with E-state index in [9.17, 15) is 0 Å². The first-order chi connectivity index (χ1) is 35.2. The first-order valence-corrected chi connectivity index (χ1v) is 24.1. The fourth-order valence-corrected chi connectivity index (χ4v) is 10.8. The van der Waals surface area contributed by atoms with Crippen LogP contribution in [0.1, 0.15) is 0 Å². The predicted octanol–water partition coefficient (Wildman–Crippen LogP) is 18.9.